The molecule has 1 aromatic rings. The van der Waals surface area contributed by atoms with Crippen LogP contribution in [0.1, 0.15) is 17.3 Å². The molecule has 0 aliphatic heterocycles. The summed E-state index contributed by atoms with van der Waals surface area (Å²) in [4.78, 5) is 10.9. The van der Waals surface area contributed by atoms with Gasteiger partial charge in [-0.1, -0.05) is 0 Å². The van der Waals surface area contributed by atoms with E-state index in [9.17, 15) is 4.79 Å². The summed E-state index contributed by atoms with van der Waals surface area (Å²) >= 11 is 0. The molecule has 94 valence electrons. The molecule has 0 aromatic heterocycles. The van der Waals surface area contributed by atoms with Gasteiger partial charge in [0.15, 0.2) is 24.6 Å². The van der Waals surface area contributed by atoms with E-state index in [4.69, 9.17) is 18.9 Å². The predicted octanol–water partition coefficient (Wildman–Crippen LogP) is 1.89. The fraction of sp³-hybridized carbons (Fsp3) is 0.417. The van der Waals surface area contributed by atoms with Gasteiger partial charge in [-0.2, -0.15) is 0 Å². The molecule has 1 rings (SSSR count). The van der Waals surface area contributed by atoms with Gasteiger partial charge in [-0.05, 0) is 13.0 Å². The largest absolute Gasteiger partial charge is 0.493 e. The highest BCUT2D eigenvalue weighted by Gasteiger charge is 2.11. The Hall–Kier alpha value is -1.75. The van der Waals surface area contributed by atoms with Crippen molar-refractivity contribution in [2.45, 2.75) is 6.92 Å². The summed E-state index contributed by atoms with van der Waals surface area (Å²) in [5, 5.41) is 0. The van der Waals surface area contributed by atoms with E-state index in [0.717, 1.165) is 0 Å². The molecule has 0 amide bonds. The summed E-state index contributed by atoms with van der Waals surface area (Å²) in [7, 11) is 3.03. The van der Waals surface area contributed by atoms with Gasteiger partial charge >= 0.3 is 0 Å². The first-order valence-corrected chi connectivity index (χ1v) is 5.18. The van der Waals surface area contributed by atoms with E-state index < -0.39 is 0 Å². The minimum Gasteiger partial charge on any atom is -0.493 e. The molecule has 0 unspecified atom stereocenters. The van der Waals surface area contributed by atoms with Crippen LogP contribution in [0.5, 0.6) is 17.2 Å². The Balaban J connectivity index is 2.97. The van der Waals surface area contributed by atoms with E-state index in [0.29, 0.717) is 35.7 Å². The second-order valence-electron chi connectivity index (χ2n) is 3.12. The van der Waals surface area contributed by atoms with E-state index in [2.05, 4.69) is 0 Å². The first-order chi connectivity index (χ1) is 8.26. The lowest BCUT2D eigenvalue weighted by Crippen LogP contribution is -2.04. The van der Waals surface area contributed by atoms with Crippen LogP contribution in [-0.4, -0.2) is 33.9 Å². The molecular weight excluding hydrogens is 224 g/mol. The summed E-state index contributed by atoms with van der Waals surface area (Å²) in [6.07, 6.45) is 0.698. The van der Waals surface area contributed by atoms with Crippen molar-refractivity contribution in [3.8, 4) is 17.2 Å². The van der Waals surface area contributed by atoms with Crippen molar-refractivity contribution in [3.63, 3.8) is 0 Å². The summed E-state index contributed by atoms with van der Waals surface area (Å²) < 4.78 is 20.6. The number of rotatable bonds is 7. The third-order valence-electron chi connectivity index (χ3n) is 2.14. The number of benzene rings is 1. The summed E-state index contributed by atoms with van der Waals surface area (Å²) in [5.41, 5.74) is 0.391. The maximum atomic E-state index is 10.9. The molecule has 0 bridgehead atoms. The number of hydrogen-bond acceptors (Lipinski definition) is 5. The van der Waals surface area contributed by atoms with Crippen LogP contribution in [0.2, 0.25) is 0 Å². The monoisotopic (exact) mass is 240 g/mol. The van der Waals surface area contributed by atoms with Gasteiger partial charge in [0.25, 0.3) is 0 Å². The molecule has 0 aliphatic rings. The van der Waals surface area contributed by atoms with Crippen molar-refractivity contribution in [1.82, 2.24) is 0 Å². The average molecular weight is 240 g/mol. The molecule has 5 nitrogen and oxygen atoms in total. The van der Waals surface area contributed by atoms with Crippen LogP contribution < -0.4 is 14.2 Å². The van der Waals surface area contributed by atoms with E-state index in [1.807, 2.05) is 6.92 Å². The quantitative estimate of drug-likeness (QED) is 0.414. The van der Waals surface area contributed by atoms with Crippen molar-refractivity contribution >= 4 is 6.29 Å². The molecule has 5 heteroatoms. The van der Waals surface area contributed by atoms with Crippen molar-refractivity contribution in [3.05, 3.63) is 17.7 Å². The third-order valence-corrected chi connectivity index (χ3v) is 2.14. The van der Waals surface area contributed by atoms with Crippen LogP contribution in [0.25, 0.3) is 0 Å². The van der Waals surface area contributed by atoms with Crippen LogP contribution in [0, 0.1) is 0 Å². The van der Waals surface area contributed by atoms with E-state index in [1.165, 1.54) is 14.2 Å². The molecule has 1 aromatic carbocycles. The van der Waals surface area contributed by atoms with Crippen LogP contribution in [-0.2, 0) is 4.74 Å². The fourth-order valence-corrected chi connectivity index (χ4v) is 1.28. The molecule has 0 saturated carbocycles. The Morgan fingerprint density at radius 3 is 2.29 bits per heavy atom. The number of carbonyl (C=O) groups is 1. The van der Waals surface area contributed by atoms with E-state index >= 15 is 0 Å². The SMILES string of the molecule is CCOCOc1cc(OC)c(OC)cc1C=O. The Bertz CT molecular complexity index is 375. The third kappa shape index (κ3) is 3.35. The number of ether oxygens (including phenoxy) is 4. The van der Waals surface area contributed by atoms with Gasteiger partial charge in [-0.15, -0.1) is 0 Å². The summed E-state index contributed by atoms with van der Waals surface area (Å²) in [6.45, 7) is 2.50. The second kappa shape index (κ2) is 6.75. The predicted molar refractivity (Wildman–Crippen MR) is 62.1 cm³/mol. The molecule has 0 radical (unpaired) electrons. The van der Waals surface area contributed by atoms with Crippen molar-refractivity contribution < 1.29 is 23.7 Å². The zero-order chi connectivity index (χ0) is 12.7. The highest BCUT2D eigenvalue weighted by atomic mass is 16.7. The molecule has 0 fully saturated rings. The number of aldehydes is 1. The summed E-state index contributed by atoms with van der Waals surface area (Å²) in [5.74, 6) is 1.40. The number of carbonyl (C=O) groups excluding carboxylic acids is 1. The minimum atomic E-state index is 0.0901. The number of methoxy groups -OCH3 is 2. The van der Waals surface area contributed by atoms with E-state index in [1.54, 1.807) is 12.1 Å². The maximum absolute atomic E-state index is 10.9. The lowest BCUT2D eigenvalue weighted by molar-refractivity contribution is 0.0219. The van der Waals surface area contributed by atoms with Gasteiger partial charge in [0.1, 0.15) is 5.75 Å². The van der Waals surface area contributed by atoms with Gasteiger partial charge in [-0.25, -0.2) is 0 Å². The lowest BCUT2D eigenvalue weighted by atomic mass is 10.2. The molecule has 0 spiro atoms. The fourth-order valence-electron chi connectivity index (χ4n) is 1.28. The molecule has 0 aliphatic carbocycles. The van der Waals surface area contributed by atoms with Crippen LogP contribution in [0.4, 0.5) is 0 Å². The minimum absolute atomic E-state index is 0.0901. The highest BCUT2D eigenvalue weighted by Crippen LogP contribution is 2.33. The molecule has 0 atom stereocenters. The van der Waals surface area contributed by atoms with Crippen molar-refractivity contribution in [1.29, 1.82) is 0 Å². The first kappa shape index (κ1) is 13.3. The zero-order valence-corrected chi connectivity index (χ0v) is 10.2. The Kier molecular flexibility index (Phi) is 5.29. The zero-order valence-electron chi connectivity index (χ0n) is 10.2. The van der Waals surface area contributed by atoms with Gasteiger partial charge in [0.05, 0.1) is 19.8 Å². The molecule has 0 saturated heterocycles. The summed E-state index contributed by atoms with van der Waals surface area (Å²) in [6, 6.07) is 3.16. The van der Waals surface area contributed by atoms with Crippen LogP contribution >= 0.6 is 0 Å². The van der Waals surface area contributed by atoms with Crippen molar-refractivity contribution in [2.24, 2.45) is 0 Å². The Labute approximate surface area is 100 Å². The van der Waals surface area contributed by atoms with Crippen LogP contribution in [0.3, 0.4) is 0 Å². The first-order valence-electron chi connectivity index (χ1n) is 5.18. The average Bonchev–Trinajstić information content (AvgIpc) is 2.38. The molecule has 0 N–H and O–H groups in total. The Morgan fingerprint density at radius 2 is 1.76 bits per heavy atom. The Morgan fingerprint density at radius 1 is 1.12 bits per heavy atom. The number of hydrogen-bond donors (Lipinski definition) is 0. The standard InChI is InChI=1S/C12H16O5/c1-4-16-8-17-10-6-12(15-3)11(14-2)5-9(10)7-13/h5-7H,4,8H2,1-3H3. The molecular formula is C12H16O5. The van der Waals surface area contributed by atoms with Gasteiger partial charge in [0.2, 0.25) is 0 Å². The maximum Gasteiger partial charge on any atom is 0.189 e. The molecule has 17 heavy (non-hydrogen) atoms. The van der Waals surface area contributed by atoms with Gasteiger partial charge in [0, 0.05) is 12.7 Å². The van der Waals surface area contributed by atoms with Crippen LogP contribution in [0.15, 0.2) is 12.1 Å². The normalized spacial score (nSPS) is 9.82. The second-order valence-corrected chi connectivity index (χ2v) is 3.12. The lowest BCUT2D eigenvalue weighted by Gasteiger charge is -2.12. The highest BCUT2D eigenvalue weighted by molar-refractivity contribution is 5.81. The molecule has 0 heterocycles. The van der Waals surface area contributed by atoms with E-state index in [-0.39, 0.29) is 6.79 Å². The van der Waals surface area contributed by atoms with Gasteiger partial charge < -0.3 is 18.9 Å². The topological polar surface area (TPSA) is 54.0 Å². The van der Waals surface area contributed by atoms with Crippen molar-refractivity contribution in [2.75, 3.05) is 27.6 Å². The smallest absolute Gasteiger partial charge is 0.189 e. The van der Waals surface area contributed by atoms with Gasteiger partial charge in [-0.3, -0.25) is 4.79 Å².